The topological polar surface area (TPSA) is 26.3 Å². The van der Waals surface area contributed by atoms with Crippen LogP contribution in [0.1, 0.15) is 26.7 Å². The number of fused-ring (bicyclic) bond motifs is 2. The monoisotopic (exact) mass is 194 g/mol. The van der Waals surface area contributed by atoms with Crippen LogP contribution < -0.4 is 0 Å². The predicted molar refractivity (Wildman–Crippen MR) is 54.9 cm³/mol. The van der Waals surface area contributed by atoms with E-state index in [2.05, 4.69) is 20.4 Å². The van der Waals surface area contributed by atoms with Crippen molar-refractivity contribution in [2.75, 3.05) is 7.11 Å². The second kappa shape index (κ2) is 2.69. The van der Waals surface area contributed by atoms with E-state index in [0.29, 0.717) is 5.92 Å². The zero-order valence-electron chi connectivity index (χ0n) is 9.17. The van der Waals surface area contributed by atoms with Crippen LogP contribution in [-0.4, -0.2) is 19.5 Å². The highest BCUT2D eigenvalue weighted by Crippen LogP contribution is 2.66. The molecule has 3 atom stereocenters. The maximum atomic E-state index is 11.4. The molecule has 0 aliphatic heterocycles. The number of rotatable bonds is 2. The Balaban J connectivity index is 2.52. The predicted octanol–water partition coefficient (Wildman–Crippen LogP) is 2.19. The maximum Gasteiger partial charge on any atom is 0.129 e. The van der Waals surface area contributed by atoms with Crippen molar-refractivity contribution in [3.8, 4) is 0 Å². The Labute approximate surface area is 85.3 Å². The fourth-order valence-electron chi connectivity index (χ4n) is 3.48. The molecule has 2 bridgehead atoms. The summed E-state index contributed by atoms with van der Waals surface area (Å²) in [5.74, 6) is 0.389. The molecule has 0 radical (unpaired) electrons. The van der Waals surface area contributed by atoms with Crippen molar-refractivity contribution in [2.45, 2.75) is 32.8 Å². The molecule has 14 heavy (non-hydrogen) atoms. The van der Waals surface area contributed by atoms with Crippen LogP contribution >= 0.6 is 0 Å². The van der Waals surface area contributed by atoms with Gasteiger partial charge in [0.25, 0.3) is 0 Å². The maximum absolute atomic E-state index is 11.4. The average molecular weight is 194 g/mol. The first-order chi connectivity index (χ1) is 6.51. The lowest BCUT2D eigenvalue weighted by Gasteiger charge is -2.39. The molecule has 0 spiro atoms. The largest absolute Gasteiger partial charge is 0.380 e. The summed E-state index contributed by atoms with van der Waals surface area (Å²) in [6, 6.07) is 0. The van der Waals surface area contributed by atoms with Gasteiger partial charge in [0.1, 0.15) is 6.29 Å². The number of aldehydes is 1. The lowest BCUT2D eigenvalue weighted by atomic mass is 9.63. The first-order valence-electron chi connectivity index (χ1n) is 5.19. The average Bonchev–Trinajstić information content (AvgIpc) is 2.60. The van der Waals surface area contributed by atoms with E-state index < -0.39 is 0 Å². The van der Waals surface area contributed by atoms with Crippen LogP contribution in [0.5, 0.6) is 0 Å². The molecule has 2 aliphatic carbocycles. The molecule has 0 N–H and O–H groups in total. The third-order valence-electron chi connectivity index (χ3n) is 4.62. The fraction of sp³-hybridized carbons (Fsp3) is 0.750. The highest BCUT2D eigenvalue weighted by molar-refractivity contribution is 5.67. The van der Waals surface area contributed by atoms with Gasteiger partial charge in [0.2, 0.25) is 0 Å². The molecule has 2 heteroatoms. The Bertz CT molecular complexity index is 293. The van der Waals surface area contributed by atoms with Crippen LogP contribution in [0.2, 0.25) is 0 Å². The van der Waals surface area contributed by atoms with Gasteiger partial charge in [0.05, 0.1) is 11.5 Å². The second-order valence-corrected chi connectivity index (χ2v) is 5.11. The third kappa shape index (κ3) is 0.789. The quantitative estimate of drug-likeness (QED) is 0.497. The van der Waals surface area contributed by atoms with E-state index in [1.807, 2.05) is 0 Å². The number of hydrogen-bond acceptors (Lipinski definition) is 2. The number of carbonyl (C=O) groups is 1. The Hall–Kier alpha value is -0.630. The van der Waals surface area contributed by atoms with Gasteiger partial charge in [-0.25, -0.2) is 0 Å². The van der Waals surface area contributed by atoms with Gasteiger partial charge in [0, 0.05) is 18.4 Å². The zero-order valence-corrected chi connectivity index (χ0v) is 9.17. The lowest BCUT2D eigenvalue weighted by molar-refractivity contribution is -0.127. The van der Waals surface area contributed by atoms with Gasteiger partial charge >= 0.3 is 0 Å². The minimum absolute atomic E-state index is 0.0579. The molecule has 2 nitrogen and oxygen atoms in total. The van der Waals surface area contributed by atoms with E-state index in [4.69, 9.17) is 4.74 Å². The van der Waals surface area contributed by atoms with Gasteiger partial charge in [0.15, 0.2) is 0 Å². The minimum Gasteiger partial charge on any atom is -0.380 e. The Morgan fingerprint density at radius 1 is 1.57 bits per heavy atom. The Morgan fingerprint density at radius 2 is 2.21 bits per heavy atom. The van der Waals surface area contributed by atoms with E-state index in [9.17, 15) is 4.79 Å². The van der Waals surface area contributed by atoms with Crippen LogP contribution in [0.25, 0.3) is 0 Å². The van der Waals surface area contributed by atoms with E-state index in [1.54, 1.807) is 7.11 Å². The molecule has 0 amide bonds. The number of ether oxygens (including phenoxy) is 1. The molecule has 0 aromatic carbocycles. The van der Waals surface area contributed by atoms with Crippen LogP contribution in [0.15, 0.2) is 12.2 Å². The number of carbonyl (C=O) groups excluding carboxylic acids is 1. The number of methoxy groups -OCH3 is 1. The van der Waals surface area contributed by atoms with Crippen LogP contribution in [0.4, 0.5) is 0 Å². The highest BCUT2D eigenvalue weighted by atomic mass is 16.5. The van der Waals surface area contributed by atoms with Gasteiger partial charge in [-0.2, -0.15) is 0 Å². The van der Waals surface area contributed by atoms with Gasteiger partial charge in [-0.15, -0.1) is 0 Å². The summed E-state index contributed by atoms with van der Waals surface area (Å²) in [7, 11) is 1.70. The summed E-state index contributed by atoms with van der Waals surface area (Å²) < 4.78 is 5.51. The smallest absolute Gasteiger partial charge is 0.129 e. The zero-order chi connectivity index (χ0) is 10.6. The third-order valence-corrected chi connectivity index (χ3v) is 4.62. The van der Waals surface area contributed by atoms with E-state index in [1.165, 1.54) is 5.57 Å². The molecule has 2 aliphatic rings. The molecule has 0 aromatic rings. The van der Waals surface area contributed by atoms with Crippen LogP contribution in [0.3, 0.4) is 0 Å². The molecular formula is C12H18O2. The van der Waals surface area contributed by atoms with Crippen molar-refractivity contribution in [1.82, 2.24) is 0 Å². The first-order valence-corrected chi connectivity index (χ1v) is 5.19. The molecule has 3 unspecified atom stereocenters. The molecular weight excluding hydrogens is 176 g/mol. The Morgan fingerprint density at radius 3 is 2.64 bits per heavy atom. The van der Waals surface area contributed by atoms with E-state index in [-0.39, 0.29) is 16.9 Å². The summed E-state index contributed by atoms with van der Waals surface area (Å²) in [4.78, 5) is 11.4. The lowest BCUT2D eigenvalue weighted by Crippen LogP contribution is -2.41. The fourth-order valence-corrected chi connectivity index (χ4v) is 3.48. The minimum atomic E-state index is -0.316. The molecule has 0 saturated heterocycles. The van der Waals surface area contributed by atoms with Gasteiger partial charge in [-0.1, -0.05) is 26.0 Å². The molecule has 0 aromatic heterocycles. The van der Waals surface area contributed by atoms with E-state index >= 15 is 0 Å². The summed E-state index contributed by atoms with van der Waals surface area (Å²) >= 11 is 0. The Kier molecular flexibility index (Phi) is 1.91. The highest BCUT2D eigenvalue weighted by Gasteiger charge is 2.66. The standard InChI is InChI=1S/C12H18O2/c1-8-9-5-6-12(7-13,10(9)14-4)11(8,2)3/h7,9-10H,1,5-6H2,2-4H3. The number of hydrogen-bond donors (Lipinski definition) is 0. The van der Waals surface area contributed by atoms with E-state index in [0.717, 1.165) is 19.1 Å². The molecule has 2 fully saturated rings. The summed E-state index contributed by atoms with van der Waals surface area (Å²) in [6.45, 7) is 8.38. The van der Waals surface area contributed by atoms with Gasteiger partial charge < -0.3 is 9.53 Å². The van der Waals surface area contributed by atoms with Gasteiger partial charge in [-0.05, 0) is 12.8 Å². The normalized spacial score (nSPS) is 44.4. The van der Waals surface area contributed by atoms with Crippen molar-refractivity contribution < 1.29 is 9.53 Å². The summed E-state index contributed by atoms with van der Waals surface area (Å²) in [6.07, 6.45) is 3.17. The van der Waals surface area contributed by atoms with Crippen LogP contribution in [-0.2, 0) is 9.53 Å². The first kappa shape index (κ1) is 9.91. The molecule has 2 saturated carbocycles. The molecule has 78 valence electrons. The van der Waals surface area contributed by atoms with Crippen molar-refractivity contribution >= 4 is 6.29 Å². The van der Waals surface area contributed by atoms with Crippen molar-refractivity contribution in [2.24, 2.45) is 16.7 Å². The van der Waals surface area contributed by atoms with Gasteiger partial charge in [-0.3, -0.25) is 0 Å². The second-order valence-electron chi connectivity index (χ2n) is 5.11. The van der Waals surface area contributed by atoms with Crippen molar-refractivity contribution in [3.05, 3.63) is 12.2 Å². The summed E-state index contributed by atoms with van der Waals surface area (Å²) in [5, 5.41) is 0. The van der Waals surface area contributed by atoms with Crippen LogP contribution in [0, 0.1) is 16.7 Å². The van der Waals surface area contributed by atoms with Crippen molar-refractivity contribution in [3.63, 3.8) is 0 Å². The van der Waals surface area contributed by atoms with Crippen molar-refractivity contribution in [1.29, 1.82) is 0 Å². The molecule has 2 rings (SSSR count). The SMILES string of the molecule is C=C1C2CCC(C=O)(C2OC)C1(C)C. The molecule has 0 heterocycles. The summed E-state index contributed by atoms with van der Waals surface area (Å²) in [5.41, 5.74) is 0.782.